The predicted molar refractivity (Wildman–Crippen MR) is 142 cm³/mol. The van der Waals surface area contributed by atoms with E-state index in [9.17, 15) is 0 Å². The van der Waals surface area contributed by atoms with Gasteiger partial charge in [0.25, 0.3) is 0 Å². The van der Waals surface area contributed by atoms with Crippen LogP contribution in [0.15, 0.2) is 92.6 Å². The normalized spacial score (nSPS) is 20.7. The third kappa shape index (κ3) is 9.03. The molecule has 1 saturated heterocycles. The number of nitrogens with two attached hydrogens (primary N) is 1. The molecular weight excluding hydrogens is 422 g/mol. The third-order valence-electron chi connectivity index (χ3n) is 5.83. The Morgan fingerprint density at radius 1 is 1.03 bits per heavy atom. The summed E-state index contributed by atoms with van der Waals surface area (Å²) in [6.07, 6.45) is 8.48. The van der Waals surface area contributed by atoms with Crippen molar-refractivity contribution in [1.29, 1.82) is 0 Å². The molecule has 0 aromatic heterocycles. The summed E-state index contributed by atoms with van der Waals surface area (Å²) in [4.78, 5) is 0. The van der Waals surface area contributed by atoms with Crippen molar-refractivity contribution < 1.29 is 14.2 Å². The van der Waals surface area contributed by atoms with Crippen molar-refractivity contribution in [3.8, 4) is 0 Å². The Morgan fingerprint density at radius 3 is 2.38 bits per heavy atom. The first-order valence-electron chi connectivity index (χ1n) is 12.1. The molecule has 4 heteroatoms. The maximum absolute atomic E-state index is 6.28. The van der Waals surface area contributed by atoms with Crippen LogP contribution in [0.4, 0.5) is 0 Å². The van der Waals surface area contributed by atoms with Crippen LogP contribution < -0.4 is 5.73 Å². The third-order valence-corrected chi connectivity index (χ3v) is 5.83. The van der Waals surface area contributed by atoms with Crippen LogP contribution in [0.1, 0.15) is 61.8 Å². The van der Waals surface area contributed by atoms with Crippen LogP contribution in [0.3, 0.4) is 0 Å². The van der Waals surface area contributed by atoms with Crippen LogP contribution in [0, 0.1) is 0 Å². The minimum absolute atomic E-state index is 0.0431. The van der Waals surface area contributed by atoms with Gasteiger partial charge in [0, 0.05) is 6.04 Å². The summed E-state index contributed by atoms with van der Waals surface area (Å²) in [6, 6.07) is 18.6. The molecule has 0 bridgehead atoms. The topological polar surface area (TPSA) is 53.7 Å². The van der Waals surface area contributed by atoms with Gasteiger partial charge in [0.2, 0.25) is 0 Å². The van der Waals surface area contributed by atoms with Gasteiger partial charge in [-0.25, -0.2) is 0 Å². The van der Waals surface area contributed by atoms with Gasteiger partial charge in [0.15, 0.2) is 6.29 Å². The Labute approximate surface area is 206 Å². The van der Waals surface area contributed by atoms with Crippen molar-refractivity contribution in [1.82, 2.24) is 0 Å². The van der Waals surface area contributed by atoms with E-state index in [4.69, 9.17) is 19.9 Å². The van der Waals surface area contributed by atoms with E-state index >= 15 is 0 Å². The van der Waals surface area contributed by atoms with E-state index in [1.807, 2.05) is 31.2 Å². The Morgan fingerprint density at radius 2 is 1.74 bits per heavy atom. The standard InChI is InChI=1S/C28H37NO3.C2H4/c1-4-5-10-21(2)24-17-15-23(16-18-24)19-30-20-26-13-9-14-27(31-26)32-28(22(3)29)25-11-7-6-8-12-25;1-2/h4-8,10-12,15-18,21-22,26-28H,1,9,13-14,19-20,29H2,2-3H3;1-2H2/b10-5-;. The van der Waals surface area contributed by atoms with E-state index in [0.29, 0.717) is 19.1 Å². The smallest absolute Gasteiger partial charge is 0.158 e. The zero-order valence-corrected chi connectivity index (χ0v) is 20.8. The summed E-state index contributed by atoms with van der Waals surface area (Å²) >= 11 is 0. The Bertz CT molecular complexity index is 847. The van der Waals surface area contributed by atoms with Gasteiger partial charge >= 0.3 is 0 Å². The maximum Gasteiger partial charge on any atom is 0.158 e. The highest BCUT2D eigenvalue weighted by molar-refractivity contribution is 5.28. The summed E-state index contributed by atoms with van der Waals surface area (Å²) in [5, 5.41) is 0. The van der Waals surface area contributed by atoms with Crippen LogP contribution in [0.2, 0.25) is 0 Å². The molecule has 0 aliphatic carbocycles. The molecular formula is C30H41NO3. The second-order valence-electron chi connectivity index (χ2n) is 8.61. The van der Waals surface area contributed by atoms with Gasteiger partial charge in [-0.05, 0) is 48.8 Å². The molecule has 0 spiro atoms. The van der Waals surface area contributed by atoms with Gasteiger partial charge in [0.05, 0.1) is 19.3 Å². The quantitative estimate of drug-likeness (QED) is 0.292. The highest BCUT2D eigenvalue weighted by Crippen LogP contribution is 2.28. The van der Waals surface area contributed by atoms with E-state index in [1.165, 1.54) is 11.1 Å². The van der Waals surface area contributed by atoms with Crippen molar-refractivity contribution in [3.63, 3.8) is 0 Å². The highest BCUT2D eigenvalue weighted by Gasteiger charge is 2.28. The first-order chi connectivity index (χ1) is 16.6. The van der Waals surface area contributed by atoms with Crippen molar-refractivity contribution >= 4 is 0 Å². The fourth-order valence-corrected chi connectivity index (χ4v) is 3.98. The Kier molecular flexibility index (Phi) is 12.6. The van der Waals surface area contributed by atoms with E-state index in [-0.39, 0.29) is 24.5 Å². The second-order valence-corrected chi connectivity index (χ2v) is 8.61. The van der Waals surface area contributed by atoms with E-state index in [0.717, 1.165) is 24.8 Å². The van der Waals surface area contributed by atoms with Crippen molar-refractivity contribution in [3.05, 3.63) is 109 Å². The molecule has 1 aliphatic rings. The maximum atomic E-state index is 6.28. The summed E-state index contributed by atoms with van der Waals surface area (Å²) in [5.41, 5.74) is 9.74. The van der Waals surface area contributed by atoms with Gasteiger partial charge in [0.1, 0.15) is 6.10 Å². The van der Waals surface area contributed by atoms with Crippen molar-refractivity contribution in [2.75, 3.05) is 6.61 Å². The molecule has 2 aromatic carbocycles. The highest BCUT2D eigenvalue weighted by atomic mass is 16.7. The first kappa shape index (κ1) is 27.7. The largest absolute Gasteiger partial charge is 0.374 e. The van der Waals surface area contributed by atoms with Crippen LogP contribution in [-0.2, 0) is 20.8 Å². The zero-order chi connectivity index (χ0) is 24.8. The van der Waals surface area contributed by atoms with E-state index in [2.05, 4.69) is 69.1 Å². The molecule has 0 amide bonds. The molecule has 34 heavy (non-hydrogen) atoms. The fraction of sp³-hybridized carbons (Fsp3) is 0.400. The lowest BCUT2D eigenvalue weighted by atomic mass is 9.99. The van der Waals surface area contributed by atoms with E-state index in [1.54, 1.807) is 6.08 Å². The fourth-order valence-electron chi connectivity index (χ4n) is 3.98. The summed E-state index contributed by atoms with van der Waals surface area (Å²) in [6.45, 7) is 15.0. The number of ether oxygens (including phenoxy) is 3. The minimum atomic E-state index is -0.252. The molecule has 1 aliphatic heterocycles. The van der Waals surface area contributed by atoms with Crippen molar-refractivity contribution in [2.24, 2.45) is 5.73 Å². The summed E-state index contributed by atoms with van der Waals surface area (Å²) < 4.78 is 18.5. The van der Waals surface area contributed by atoms with Gasteiger partial charge in [-0.3, -0.25) is 0 Å². The van der Waals surface area contributed by atoms with Crippen LogP contribution in [-0.4, -0.2) is 25.0 Å². The molecule has 1 heterocycles. The van der Waals surface area contributed by atoms with Gasteiger partial charge in [-0.1, -0.05) is 86.3 Å². The van der Waals surface area contributed by atoms with Crippen LogP contribution in [0.25, 0.3) is 0 Å². The average molecular weight is 464 g/mol. The second kappa shape index (κ2) is 15.4. The Hall–Kier alpha value is -2.50. The van der Waals surface area contributed by atoms with Gasteiger partial charge in [-0.15, -0.1) is 13.2 Å². The van der Waals surface area contributed by atoms with Gasteiger partial charge < -0.3 is 19.9 Å². The number of hydrogen-bond donors (Lipinski definition) is 1. The molecule has 5 unspecified atom stereocenters. The molecule has 1 fully saturated rings. The lowest BCUT2D eigenvalue weighted by molar-refractivity contribution is -0.228. The lowest BCUT2D eigenvalue weighted by Crippen LogP contribution is -2.37. The SMILES string of the molecule is C=C.C=C/C=C\C(C)c1ccc(COCC2CCCC(OC(c3ccccc3)C(C)N)O2)cc1. The predicted octanol–water partition coefficient (Wildman–Crippen LogP) is 6.85. The molecule has 5 atom stereocenters. The summed E-state index contributed by atoms with van der Waals surface area (Å²) in [7, 11) is 0. The molecule has 3 rings (SSSR count). The number of benzene rings is 2. The van der Waals surface area contributed by atoms with Gasteiger partial charge in [-0.2, -0.15) is 0 Å². The molecule has 0 saturated carbocycles. The molecule has 2 aromatic rings. The van der Waals surface area contributed by atoms with E-state index < -0.39 is 0 Å². The molecule has 184 valence electrons. The minimum Gasteiger partial charge on any atom is -0.374 e. The lowest BCUT2D eigenvalue weighted by Gasteiger charge is -2.33. The average Bonchev–Trinajstić information content (AvgIpc) is 2.88. The van der Waals surface area contributed by atoms with Crippen molar-refractivity contribution in [2.45, 2.75) is 70.2 Å². The molecule has 0 radical (unpaired) electrons. The Balaban J connectivity index is 0.00000199. The van der Waals surface area contributed by atoms with Crippen LogP contribution in [0.5, 0.6) is 0 Å². The molecule has 2 N–H and O–H groups in total. The number of rotatable bonds is 11. The van der Waals surface area contributed by atoms with Crippen LogP contribution >= 0.6 is 0 Å². The summed E-state index contributed by atoms with van der Waals surface area (Å²) in [5.74, 6) is 0.367. The first-order valence-corrected chi connectivity index (χ1v) is 12.1. The zero-order valence-electron chi connectivity index (χ0n) is 20.8. The number of hydrogen-bond acceptors (Lipinski definition) is 4. The molecule has 4 nitrogen and oxygen atoms in total. The monoisotopic (exact) mass is 463 g/mol. The number of allylic oxidation sites excluding steroid dienone is 3.